The summed E-state index contributed by atoms with van der Waals surface area (Å²) < 4.78 is 0. The molecular weight excluding hydrogens is 267 g/mol. The van der Waals surface area contributed by atoms with Gasteiger partial charge in [-0.2, -0.15) is 0 Å². The molecule has 0 aliphatic carbocycles. The Bertz CT molecular complexity index is 555. The molecule has 0 amide bonds. The van der Waals surface area contributed by atoms with Gasteiger partial charge in [0.1, 0.15) is 0 Å². The van der Waals surface area contributed by atoms with Crippen LogP contribution in [0.4, 0.5) is 0 Å². The van der Waals surface area contributed by atoms with Crippen LogP contribution in [0.3, 0.4) is 0 Å². The molecule has 1 aromatic heterocycles. The first-order valence-electron chi connectivity index (χ1n) is 5.69. The van der Waals surface area contributed by atoms with Crippen molar-refractivity contribution < 1.29 is 0 Å². The highest BCUT2D eigenvalue weighted by Crippen LogP contribution is 2.30. The number of nitrogens with zero attached hydrogens (tertiary/aromatic N) is 1. The number of hydrogen-bond acceptors (Lipinski definition) is 2. The molecular formula is C14H14Cl2N2. The lowest BCUT2D eigenvalue weighted by Crippen LogP contribution is -2.15. The standard InChI is InChI=1S/C14H14Cl2N2/c1-9-4-3-7-18-13(9)8-12(17)10-5-2-6-11(15)14(10)16/h2-7,12H,8,17H2,1H3. The van der Waals surface area contributed by atoms with Crippen LogP contribution in [0.1, 0.15) is 22.9 Å². The topological polar surface area (TPSA) is 38.9 Å². The third kappa shape index (κ3) is 2.83. The van der Waals surface area contributed by atoms with Crippen LogP contribution in [-0.2, 0) is 6.42 Å². The first kappa shape index (κ1) is 13.3. The summed E-state index contributed by atoms with van der Waals surface area (Å²) in [4.78, 5) is 4.34. The van der Waals surface area contributed by atoms with Crippen molar-refractivity contribution in [3.8, 4) is 0 Å². The molecule has 94 valence electrons. The van der Waals surface area contributed by atoms with E-state index >= 15 is 0 Å². The number of benzene rings is 1. The van der Waals surface area contributed by atoms with Crippen molar-refractivity contribution in [2.75, 3.05) is 0 Å². The highest BCUT2D eigenvalue weighted by atomic mass is 35.5. The maximum atomic E-state index is 6.18. The fraction of sp³-hybridized carbons (Fsp3) is 0.214. The fourth-order valence-electron chi connectivity index (χ4n) is 1.86. The molecule has 1 unspecified atom stereocenters. The van der Waals surface area contributed by atoms with Gasteiger partial charge in [0.25, 0.3) is 0 Å². The number of aromatic nitrogens is 1. The second-order valence-corrected chi connectivity index (χ2v) is 5.01. The van der Waals surface area contributed by atoms with Crippen LogP contribution in [0, 0.1) is 6.92 Å². The lowest BCUT2D eigenvalue weighted by atomic mass is 10.0. The summed E-state index contributed by atoms with van der Waals surface area (Å²) in [7, 11) is 0. The van der Waals surface area contributed by atoms with Crippen LogP contribution in [0.25, 0.3) is 0 Å². The van der Waals surface area contributed by atoms with Gasteiger partial charge < -0.3 is 5.73 Å². The maximum Gasteiger partial charge on any atom is 0.0640 e. The van der Waals surface area contributed by atoms with E-state index in [2.05, 4.69) is 4.98 Å². The van der Waals surface area contributed by atoms with Gasteiger partial charge >= 0.3 is 0 Å². The van der Waals surface area contributed by atoms with Crippen molar-refractivity contribution in [3.05, 3.63) is 63.4 Å². The van der Waals surface area contributed by atoms with Crippen LogP contribution in [0.5, 0.6) is 0 Å². The third-order valence-electron chi connectivity index (χ3n) is 2.91. The summed E-state index contributed by atoms with van der Waals surface area (Å²) in [5.41, 5.74) is 9.16. The molecule has 1 heterocycles. The second-order valence-electron chi connectivity index (χ2n) is 4.22. The molecule has 1 aromatic carbocycles. The molecule has 2 aromatic rings. The van der Waals surface area contributed by atoms with Crippen LogP contribution in [-0.4, -0.2) is 4.98 Å². The van der Waals surface area contributed by atoms with Gasteiger partial charge in [-0.3, -0.25) is 4.98 Å². The molecule has 2 nitrogen and oxygen atoms in total. The molecule has 4 heteroatoms. The maximum absolute atomic E-state index is 6.18. The van der Waals surface area contributed by atoms with E-state index in [1.807, 2.05) is 31.2 Å². The molecule has 0 aliphatic heterocycles. The van der Waals surface area contributed by atoms with E-state index in [0.717, 1.165) is 16.8 Å². The van der Waals surface area contributed by atoms with E-state index in [1.54, 1.807) is 12.3 Å². The van der Waals surface area contributed by atoms with Gasteiger partial charge in [-0.05, 0) is 30.2 Å². The highest BCUT2D eigenvalue weighted by Gasteiger charge is 2.14. The minimum absolute atomic E-state index is 0.204. The van der Waals surface area contributed by atoms with Crippen molar-refractivity contribution in [3.63, 3.8) is 0 Å². The molecule has 0 saturated carbocycles. The van der Waals surface area contributed by atoms with E-state index in [0.29, 0.717) is 16.5 Å². The van der Waals surface area contributed by atoms with E-state index in [1.165, 1.54) is 0 Å². The second kappa shape index (κ2) is 5.70. The summed E-state index contributed by atoms with van der Waals surface area (Å²) >= 11 is 12.2. The minimum Gasteiger partial charge on any atom is -0.324 e. The zero-order valence-electron chi connectivity index (χ0n) is 10.0. The predicted molar refractivity (Wildman–Crippen MR) is 76.1 cm³/mol. The Kier molecular flexibility index (Phi) is 4.23. The highest BCUT2D eigenvalue weighted by molar-refractivity contribution is 6.42. The van der Waals surface area contributed by atoms with E-state index < -0.39 is 0 Å². The Labute approximate surface area is 117 Å². The lowest BCUT2D eigenvalue weighted by molar-refractivity contribution is 0.703. The summed E-state index contributed by atoms with van der Waals surface area (Å²) in [5.74, 6) is 0. The summed E-state index contributed by atoms with van der Waals surface area (Å²) in [6.45, 7) is 2.02. The average molecular weight is 281 g/mol. The summed E-state index contributed by atoms with van der Waals surface area (Å²) in [5, 5.41) is 1.06. The number of rotatable bonds is 3. The summed E-state index contributed by atoms with van der Waals surface area (Å²) in [6.07, 6.45) is 2.42. The number of nitrogens with two attached hydrogens (primary N) is 1. The Morgan fingerprint density at radius 2 is 2.00 bits per heavy atom. The molecule has 2 rings (SSSR count). The van der Waals surface area contributed by atoms with Crippen molar-refractivity contribution in [1.29, 1.82) is 0 Å². The minimum atomic E-state index is -0.204. The van der Waals surface area contributed by atoms with E-state index in [-0.39, 0.29) is 6.04 Å². The first-order valence-corrected chi connectivity index (χ1v) is 6.45. The normalized spacial score (nSPS) is 12.4. The van der Waals surface area contributed by atoms with Crippen molar-refractivity contribution >= 4 is 23.2 Å². The van der Waals surface area contributed by atoms with Crippen molar-refractivity contribution in [2.45, 2.75) is 19.4 Å². The zero-order valence-corrected chi connectivity index (χ0v) is 11.5. The predicted octanol–water partition coefficient (Wildman–Crippen LogP) is 3.94. The van der Waals surface area contributed by atoms with Crippen LogP contribution >= 0.6 is 23.2 Å². The molecule has 0 spiro atoms. The van der Waals surface area contributed by atoms with Gasteiger partial charge in [-0.15, -0.1) is 0 Å². The van der Waals surface area contributed by atoms with Crippen LogP contribution in [0.2, 0.25) is 10.0 Å². The summed E-state index contributed by atoms with van der Waals surface area (Å²) in [6, 6.07) is 9.24. The third-order valence-corrected chi connectivity index (χ3v) is 3.75. The monoisotopic (exact) mass is 280 g/mol. The smallest absolute Gasteiger partial charge is 0.0640 e. The van der Waals surface area contributed by atoms with Gasteiger partial charge in [0.2, 0.25) is 0 Å². The van der Waals surface area contributed by atoms with Gasteiger partial charge in [0.05, 0.1) is 10.0 Å². The molecule has 0 saturated heterocycles. The quantitative estimate of drug-likeness (QED) is 0.925. The first-order chi connectivity index (χ1) is 8.59. The van der Waals surface area contributed by atoms with Gasteiger partial charge in [0.15, 0.2) is 0 Å². The van der Waals surface area contributed by atoms with Crippen LogP contribution in [0.15, 0.2) is 36.5 Å². The van der Waals surface area contributed by atoms with E-state index in [4.69, 9.17) is 28.9 Å². The molecule has 0 aliphatic rings. The Hall–Kier alpha value is -1.09. The molecule has 0 fully saturated rings. The number of halogens is 2. The Balaban J connectivity index is 2.25. The number of aryl methyl sites for hydroxylation is 1. The Morgan fingerprint density at radius 3 is 2.72 bits per heavy atom. The molecule has 2 N–H and O–H groups in total. The number of pyridine rings is 1. The largest absolute Gasteiger partial charge is 0.324 e. The van der Waals surface area contributed by atoms with Crippen molar-refractivity contribution in [2.24, 2.45) is 5.73 Å². The van der Waals surface area contributed by atoms with Gasteiger partial charge in [-0.25, -0.2) is 0 Å². The Morgan fingerprint density at radius 1 is 1.22 bits per heavy atom. The fourth-order valence-corrected chi connectivity index (χ4v) is 2.31. The number of hydrogen-bond donors (Lipinski definition) is 1. The van der Waals surface area contributed by atoms with Crippen molar-refractivity contribution in [1.82, 2.24) is 4.98 Å². The molecule has 0 bridgehead atoms. The zero-order chi connectivity index (χ0) is 13.1. The van der Waals surface area contributed by atoms with Crippen LogP contribution < -0.4 is 5.73 Å². The van der Waals surface area contributed by atoms with E-state index in [9.17, 15) is 0 Å². The molecule has 18 heavy (non-hydrogen) atoms. The average Bonchev–Trinajstić information content (AvgIpc) is 2.35. The molecule has 1 atom stereocenters. The van der Waals surface area contributed by atoms with Gasteiger partial charge in [0, 0.05) is 24.4 Å². The molecule has 0 radical (unpaired) electrons. The lowest BCUT2D eigenvalue weighted by Gasteiger charge is -2.15. The SMILES string of the molecule is Cc1cccnc1CC(N)c1cccc(Cl)c1Cl. The van der Waals surface area contributed by atoms with Gasteiger partial charge in [-0.1, -0.05) is 41.4 Å².